The lowest BCUT2D eigenvalue weighted by Crippen LogP contribution is -2.00. The van der Waals surface area contributed by atoms with Gasteiger partial charge in [0.1, 0.15) is 18.1 Å². The molecule has 3 nitrogen and oxygen atoms in total. The summed E-state index contributed by atoms with van der Waals surface area (Å²) in [6, 6.07) is 11.1. The summed E-state index contributed by atoms with van der Waals surface area (Å²) in [4.78, 5) is 11.7. The van der Waals surface area contributed by atoms with E-state index in [2.05, 4.69) is 38.4 Å². The van der Waals surface area contributed by atoms with E-state index >= 15 is 0 Å². The molecule has 114 valence electrons. The van der Waals surface area contributed by atoms with Gasteiger partial charge in [-0.2, -0.15) is 0 Å². The summed E-state index contributed by atoms with van der Waals surface area (Å²) in [6.07, 6.45) is 1.28. The van der Waals surface area contributed by atoms with Gasteiger partial charge in [-0.05, 0) is 67.8 Å². The molecule has 0 fully saturated rings. The first-order valence-corrected chi connectivity index (χ1v) is 8.05. The molecule has 0 atom stereocenters. The number of allylic oxidation sites excluding steroid dienone is 1. The predicted molar refractivity (Wildman–Crippen MR) is 93.7 cm³/mol. The minimum Gasteiger partial charge on any atom is -0.497 e. The van der Waals surface area contributed by atoms with Gasteiger partial charge < -0.3 is 9.47 Å². The van der Waals surface area contributed by atoms with Gasteiger partial charge in [-0.1, -0.05) is 18.7 Å². The van der Waals surface area contributed by atoms with Gasteiger partial charge in [0.2, 0.25) is 0 Å². The monoisotopic (exact) mass is 424 g/mol. The Bertz CT molecular complexity index is 671. The molecular weight excluding hydrogens is 412 g/mol. The van der Waals surface area contributed by atoms with E-state index in [9.17, 15) is 4.79 Å². The molecule has 2 rings (SSSR count). The van der Waals surface area contributed by atoms with Crippen LogP contribution in [0.15, 0.2) is 58.0 Å². The van der Waals surface area contributed by atoms with E-state index in [1.54, 1.807) is 19.2 Å². The number of carbonyl (C=O) groups excluding carboxylic acids is 1. The molecule has 0 saturated carbocycles. The second-order valence-electron chi connectivity index (χ2n) is 4.47. The maximum Gasteiger partial charge on any atom is 0.185 e. The first-order valence-electron chi connectivity index (χ1n) is 6.46. The molecule has 0 amide bonds. The first kappa shape index (κ1) is 16.8. The molecule has 0 aliphatic carbocycles. The molecule has 0 aliphatic heterocycles. The molecule has 0 saturated heterocycles. The van der Waals surface area contributed by atoms with Gasteiger partial charge in [0.25, 0.3) is 0 Å². The maximum atomic E-state index is 11.7. The van der Waals surface area contributed by atoms with Crippen LogP contribution in [0, 0.1) is 0 Å². The third-order valence-electron chi connectivity index (χ3n) is 3.01. The van der Waals surface area contributed by atoms with Crippen molar-refractivity contribution in [2.75, 3.05) is 7.11 Å². The number of hydrogen-bond acceptors (Lipinski definition) is 3. The van der Waals surface area contributed by atoms with E-state index < -0.39 is 0 Å². The van der Waals surface area contributed by atoms with Crippen LogP contribution in [0.5, 0.6) is 11.5 Å². The Hall–Kier alpha value is -1.59. The van der Waals surface area contributed by atoms with Crippen molar-refractivity contribution in [1.82, 2.24) is 0 Å². The van der Waals surface area contributed by atoms with Crippen molar-refractivity contribution in [3.05, 3.63) is 69.1 Å². The van der Waals surface area contributed by atoms with Crippen molar-refractivity contribution in [1.29, 1.82) is 0 Å². The Balaban J connectivity index is 2.15. The molecule has 2 aromatic rings. The summed E-state index contributed by atoms with van der Waals surface area (Å²) in [7, 11) is 1.63. The van der Waals surface area contributed by atoms with Crippen LogP contribution in [-0.4, -0.2) is 12.9 Å². The zero-order chi connectivity index (χ0) is 16.1. The summed E-state index contributed by atoms with van der Waals surface area (Å²) in [6.45, 7) is 3.90. The minimum absolute atomic E-state index is 0.136. The normalized spacial score (nSPS) is 10.1. The average Bonchev–Trinajstić information content (AvgIpc) is 2.53. The maximum absolute atomic E-state index is 11.7. The fourth-order valence-electron chi connectivity index (χ4n) is 1.84. The number of rotatable bonds is 6. The van der Waals surface area contributed by atoms with E-state index in [1.807, 2.05) is 24.3 Å². The van der Waals surface area contributed by atoms with E-state index in [0.29, 0.717) is 26.9 Å². The van der Waals surface area contributed by atoms with Crippen LogP contribution in [0.25, 0.3) is 0 Å². The van der Waals surface area contributed by atoms with Crippen molar-refractivity contribution in [2.45, 2.75) is 6.61 Å². The highest BCUT2D eigenvalue weighted by Gasteiger charge is 2.12. The summed E-state index contributed by atoms with van der Waals surface area (Å²) >= 11 is 6.86. The molecular formula is C17H14Br2O3. The minimum atomic E-state index is -0.136. The molecule has 0 spiro atoms. The van der Waals surface area contributed by atoms with Crippen molar-refractivity contribution in [3.63, 3.8) is 0 Å². The van der Waals surface area contributed by atoms with Crippen LogP contribution >= 0.6 is 31.9 Å². The lowest BCUT2D eigenvalue weighted by molar-refractivity contribution is 0.104. The number of halogens is 2. The van der Waals surface area contributed by atoms with Gasteiger partial charge in [0.05, 0.1) is 16.1 Å². The van der Waals surface area contributed by atoms with E-state index in [4.69, 9.17) is 9.47 Å². The standard InChI is InChI=1S/C17H14Br2O3/c1-3-16(20)12-8-14(18)17(15(19)9-12)22-10-11-4-6-13(21-2)7-5-11/h3-9H,1,10H2,2H3. The van der Waals surface area contributed by atoms with Crippen molar-refractivity contribution < 1.29 is 14.3 Å². The van der Waals surface area contributed by atoms with Crippen LogP contribution in [0.3, 0.4) is 0 Å². The lowest BCUT2D eigenvalue weighted by atomic mass is 10.1. The fraction of sp³-hybridized carbons (Fsp3) is 0.118. The van der Waals surface area contributed by atoms with Gasteiger partial charge >= 0.3 is 0 Å². The molecule has 0 N–H and O–H groups in total. The number of ether oxygens (including phenoxy) is 2. The SMILES string of the molecule is C=CC(=O)c1cc(Br)c(OCc2ccc(OC)cc2)c(Br)c1. The third-order valence-corrected chi connectivity index (χ3v) is 4.19. The number of methoxy groups -OCH3 is 1. The summed E-state index contributed by atoms with van der Waals surface area (Å²) in [5.41, 5.74) is 1.57. The molecule has 0 heterocycles. The molecule has 2 aromatic carbocycles. The predicted octanol–water partition coefficient (Wildman–Crippen LogP) is 5.17. The smallest absolute Gasteiger partial charge is 0.185 e. The van der Waals surface area contributed by atoms with Crippen LogP contribution in [-0.2, 0) is 6.61 Å². The number of benzene rings is 2. The van der Waals surface area contributed by atoms with Gasteiger partial charge in [-0.15, -0.1) is 0 Å². The second kappa shape index (κ2) is 7.61. The van der Waals surface area contributed by atoms with E-state index in [-0.39, 0.29) is 5.78 Å². The third kappa shape index (κ3) is 3.99. The first-order chi connectivity index (χ1) is 10.5. The topological polar surface area (TPSA) is 35.5 Å². The summed E-state index contributed by atoms with van der Waals surface area (Å²) in [5.74, 6) is 1.32. The van der Waals surface area contributed by atoms with Crippen LogP contribution in [0.1, 0.15) is 15.9 Å². The van der Waals surface area contributed by atoms with E-state index in [0.717, 1.165) is 11.3 Å². The Kier molecular flexibility index (Phi) is 5.80. The molecule has 5 heteroatoms. The molecule has 0 bridgehead atoms. The fourth-order valence-corrected chi connectivity index (χ4v) is 3.25. The second-order valence-corrected chi connectivity index (χ2v) is 6.18. The molecule has 22 heavy (non-hydrogen) atoms. The molecule has 0 radical (unpaired) electrons. The summed E-state index contributed by atoms with van der Waals surface area (Å²) in [5, 5.41) is 0. The Morgan fingerprint density at radius 3 is 2.27 bits per heavy atom. The Morgan fingerprint density at radius 1 is 1.18 bits per heavy atom. The van der Waals surface area contributed by atoms with E-state index in [1.165, 1.54) is 6.08 Å². The highest BCUT2D eigenvalue weighted by atomic mass is 79.9. The quantitative estimate of drug-likeness (QED) is 0.473. The average molecular weight is 426 g/mol. The highest BCUT2D eigenvalue weighted by Crippen LogP contribution is 2.35. The van der Waals surface area contributed by atoms with Gasteiger partial charge in [0, 0.05) is 5.56 Å². The zero-order valence-corrected chi connectivity index (χ0v) is 15.1. The Morgan fingerprint density at radius 2 is 1.77 bits per heavy atom. The number of carbonyl (C=O) groups is 1. The van der Waals surface area contributed by atoms with Crippen molar-refractivity contribution in [2.24, 2.45) is 0 Å². The van der Waals surface area contributed by atoms with Crippen LogP contribution < -0.4 is 9.47 Å². The largest absolute Gasteiger partial charge is 0.497 e. The molecule has 0 aliphatic rings. The number of hydrogen-bond donors (Lipinski definition) is 0. The number of ketones is 1. The Labute approximate surface area is 146 Å². The van der Waals surface area contributed by atoms with Crippen LogP contribution in [0.4, 0.5) is 0 Å². The lowest BCUT2D eigenvalue weighted by Gasteiger charge is -2.12. The van der Waals surface area contributed by atoms with Gasteiger partial charge in [-0.25, -0.2) is 0 Å². The summed E-state index contributed by atoms with van der Waals surface area (Å²) < 4.78 is 12.4. The van der Waals surface area contributed by atoms with Gasteiger partial charge in [-0.3, -0.25) is 4.79 Å². The van der Waals surface area contributed by atoms with Crippen molar-refractivity contribution >= 4 is 37.6 Å². The molecule has 0 aromatic heterocycles. The van der Waals surface area contributed by atoms with Crippen LogP contribution in [0.2, 0.25) is 0 Å². The zero-order valence-electron chi connectivity index (χ0n) is 11.9. The molecule has 0 unspecified atom stereocenters. The van der Waals surface area contributed by atoms with Gasteiger partial charge in [0.15, 0.2) is 5.78 Å². The van der Waals surface area contributed by atoms with Crippen molar-refractivity contribution in [3.8, 4) is 11.5 Å². The highest BCUT2D eigenvalue weighted by molar-refractivity contribution is 9.11.